The lowest BCUT2D eigenvalue weighted by atomic mass is 10.3. The zero-order chi connectivity index (χ0) is 12.7. The van der Waals surface area contributed by atoms with Crippen molar-refractivity contribution in [2.75, 3.05) is 11.9 Å². The number of rotatable bonds is 2. The van der Waals surface area contributed by atoms with Gasteiger partial charge in [0.1, 0.15) is 6.33 Å². The van der Waals surface area contributed by atoms with Crippen molar-refractivity contribution in [2.24, 2.45) is 0 Å². The van der Waals surface area contributed by atoms with E-state index in [9.17, 15) is 0 Å². The van der Waals surface area contributed by atoms with Crippen molar-refractivity contribution in [3.8, 4) is 0 Å². The number of nitrogens with zero attached hydrogens (tertiary/aromatic N) is 5. The van der Waals surface area contributed by atoms with Gasteiger partial charge in [-0.3, -0.25) is 4.40 Å². The van der Waals surface area contributed by atoms with Crippen LogP contribution >= 0.6 is 0 Å². The van der Waals surface area contributed by atoms with Crippen molar-refractivity contribution in [1.29, 1.82) is 0 Å². The van der Waals surface area contributed by atoms with E-state index >= 15 is 0 Å². The van der Waals surface area contributed by atoms with Crippen LogP contribution in [0.4, 0.5) is 5.82 Å². The molecule has 18 heavy (non-hydrogen) atoms. The Labute approximate surface area is 105 Å². The molecular formula is C13H15N5. The van der Waals surface area contributed by atoms with E-state index in [-0.39, 0.29) is 0 Å². The van der Waals surface area contributed by atoms with Gasteiger partial charge in [-0.25, -0.2) is 4.98 Å². The number of anilines is 1. The molecular weight excluding hydrogens is 226 g/mol. The van der Waals surface area contributed by atoms with Crippen molar-refractivity contribution in [3.63, 3.8) is 0 Å². The molecule has 0 saturated carbocycles. The molecule has 0 bridgehead atoms. The Balaban J connectivity index is 2.38. The number of para-hydroxylation sites is 2. The average Bonchev–Trinajstić information content (AvgIpc) is 2.86. The molecule has 0 aliphatic rings. The molecule has 0 spiro atoms. The van der Waals surface area contributed by atoms with Crippen LogP contribution in [-0.4, -0.2) is 32.7 Å². The summed E-state index contributed by atoms with van der Waals surface area (Å²) in [6, 6.07) is 8.38. The van der Waals surface area contributed by atoms with Gasteiger partial charge in [0, 0.05) is 13.1 Å². The van der Waals surface area contributed by atoms with Gasteiger partial charge >= 0.3 is 0 Å². The summed E-state index contributed by atoms with van der Waals surface area (Å²) in [5.41, 5.74) is 2.77. The SMILES string of the molecule is CC(C)N(C)c1nc2ccccc2n2cnnc12. The fraction of sp³-hybridized carbons (Fsp3) is 0.308. The summed E-state index contributed by atoms with van der Waals surface area (Å²) in [6.45, 7) is 4.26. The molecule has 5 heteroatoms. The predicted molar refractivity (Wildman–Crippen MR) is 71.8 cm³/mol. The molecule has 0 fully saturated rings. The minimum absolute atomic E-state index is 0.360. The Bertz CT molecular complexity index is 701. The summed E-state index contributed by atoms with van der Waals surface area (Å²) >= 11 is 0. The van der Waals surface area contributed by atoms with Crippen LogP contribution in [0, 0.1) is 0 Å². The zero-order valence-electron chi connectivity index (χ0n) is 10.7. The first-order chi connectivity index (χ1) is 8.68. The van der Waals surface area contributed by atoms with E-state index in [1.54, 1.807) is 6.33 Å². The van der Waals surface area contributed by atoms with Crippen LogP contribution in [0.2, 0.25) is 0 Å². The second kappa shape index (κ2) is 3.94. The molecule has 5 nitrogen and oxygen atoms in total. The van der Waals surface area contributed by atoms with Crippen LogP contribution in [0.15, 0.2) is 30.6 Å². The van der Waals surface area contributed by atoms with Gasteiger partial charge in [-0.15, -0.1) is 10.2 Å². The minimum atomic E-state index is 0.360. The second-order valence-corrected chi connectivity index (χ2v) is 4.65. The molecule has 1 aromatic carbocycles. The molecule has 2 aromatic heterocycles. The highest BCUT2D eigenvalue weighted by Crippen LogP contribution is 2.23. The van der Waals surface area contributed by atoms with Crippen molar-refractivity contribution in [2.45, 2.75) is 19.9 Å². The topological polar surface area (TPSA) is 46.3 Å². The highest BCUT2D eigenvalue weighted by Gasteiger charge is 2.15. The van der Waals surface area contributed by atoms with E-state index in [1.807, 2.05) is 35.7 Å². The number of aromatic nitrogens is 4. The monoisotopic (exact) mass is 241 g/mol. The van der Waals surface area contributed by atoms with Crippen LogP contribution < -0.4 is 4.90 Å². The molecule has 0 atom stereocenters. The minimum Gasteiger partial charge on any atom is -0.354 e. The summed E-state index contributed by atoms with van der Waals surface area (Å²) < 4.78 is 1.98. The molecule has 0 radical (unpaired) electrons. The van der Waals surface area contributed by atoms with Gasteiger partial charge in [0.2, 0.25) is 5.65 Å². The molecule has 3 rings (SSSR count). The molecule has 0 aliphatic carbocycles. The second-order valence-electron chi connectivity index (χ2n) is 4.65. The average molecular weight is 241 g/mol. The van der Waals surface area contributed by atoms with E-state index in [1.165, 1.54) is 0 Å². The van der Waals surface area contributed by atoms with Crippen molar-refractivity contribution in [1.82, 2.24) is 19.6 Å². The predicted octanol–water partition coefficient (Wildman–Crippen LogP) is 2.12. The number of benzene rings is 1. The van der Waals surface area contributed by atoms with Gasteiger partial charge < -0.3 is 4.90 Å². The molecule has 92 valence electrons. The molecule has 2 heterocycles. The third kappa shape index (κ3) is 1.51. The number of hydrogen-bond acceptors (Lipinski definition) is 4. The zero-order valence-corrected chi connectivity index (χ0v) is 10.7. The Kier molecular flexibility index (Phi) is 2.40. The lowest BCUT2D eigenvalue weighted by molar-refractivity contribution is 0.745. The third-order valence-electron chi connectivity index (χ3n) is 3.22. The van der Waals surface area contributed by atoms with Gasteiger partial charge in [0.15, 0.2) is 5.82 Å². The Hall–Kier alpha value is -2.17. The Morgan fingerprint density at radius 1 is 1.22 bits per heavy atom. The quantitative estimate of drug-likeness (QED) is 0.689. The van der Waals surface area contributed by atoms with E-state index in [4.69, 9.17) is 4.98 Å². The molecule has 0 amide bonds. The maximum absolute atomic E-state index is 4.70. The first-order valence-corrected chi connectivity index (χ1v) is 6.00. The van der Waals surface area contributed by atoms with Crippen molar-refractivity contribution < 1.29 is 0 Å². The van der Waals surface area contributed by atoms with Crippen molar-refractivity contribution in [3.05, 3.63) is 30.6 Å². The molecule has 0 saturated heterocycles. The van der Waals surface area contributed by atoms with Crippen LogP contribution in [0.3, 0.4) is 0 Å². The largest absolute Gasteiger partial charge is 0.354 e. The van der Waals surface area contributed by atoms with Gasteiger partial charge in [0.05, 0.1) is 11.0 Å². The number of hydrogen-bond donors (Lipinski definition) is 0. The first-order valence-electron chi connectivity index (χ1n) is 6.00. The van der Waals surface area contributed by atoms with Gasteiger partial charge in [-0.2, -0.15) is 0 Å². The fourth-order valence-electron chi connectivity index (χ4n) is 1.97. The summed E-state index contributed by atoms with van der Waals surface area (Å²) in [7, 11) is 2.02. The maximum Gasteiger partial charge on any atom is 0.204 e. The first kappa shape index (κ1) is 11.0. The van der Waals surface area contributed by atoms with Crippen molar-refractivity contribution >= 4 is 22.5 Å². The fourth-order valence-corrected chi connectivity index (χ4v) is 1.97. The molecule has 3 aromatic rings. The lowest BCUT2D eigenvalue weighted by Gasteiger charge is -2.23. The van der Waals surface area contributed by atoms with Crippen LogP contribution in [0.1, 0.15) is 13.8 Å². The molecule has 0 aliphatic heterocycles. The Morgan fingerprint density at radius 3 is 2.78 bits per heavy atom. The van der Waals surface area contributed by atoms with Crippen LogP contribution in [-0.2, 0) is 0 Å². The normalized spacial score (nSPS) is 11.6. The Morgan fingerprint density at radius 2 is 2.00 bits per heavy atom. The van der Waals surface area contributed by atoms with Gasteiger partial charge in [-0.05, 0) is 26.0 Å². The molecule has 0 N–H and O–H groups in total. The lowest BCUT2D eigenvalue weighted by Crippen LogP contribution is -2.27. The van der Waals surface area contributed by atoms with Gasteiger partial charge in [0.25, 0.3) is 0 Å². The van der Waals surface area contributed by atoms with Gasteiger partial charge in [-0.1, -0.05) is 12.1 Å². The highest BCUT2D eigenvalue weighted by molar-refractivity contribution is 5.82. The standard InChI is InChI=1S/C13H15N5/c1-9(2)17(3)12-13-16-14-8-18(13)11-7-5-4-6-10(11)15-12/h4-9H,1-3H3. The summed E-state index contributed by atoms with van der Waals surface area (Å²) in [5, 5.41) is 8.18. The van der Waals surface area contributed by atoms with E-state index in [2.05, 4.69) is 28.9 Å². The van der Waals surface area contributed by atoms with Crippen LogP contribution in [0.25, 0.3) is 16.7 Å². The third-order valence-corrected chi connectivity index (χ3v) is 3.22. The summed E-state index contributed by atoms with van der Waals surface area (Å²) in [4.78, 5) is 6.81. The van der Waals surface area contributed by atoms with E-state index in [0.717, 1.165) is 22.5 Å². The van der Waals surface area contributed by atoms with Crippen LogP contribution in [0.5, 0.6) is 0 Å². The smallest absolute Gasteiger partial charge is 0.204 e. The van der Waals surface area contributed by atoms with E-state index in [0.29, 0.717) is 6.04 Å². The molecule has 0 unspecified atom stereocenters. The maximum atomic E-state index is 4.70. The summed E-state index contributed by atoms with van der Waals surface area (Å²) in [6.07, 6.45) is 1.73. The van der Waals surface area contributed by atoms with E-state index < -0.39 is 0 Å². The highest BCUT2D eigenvalue weighted by atomic mass is 15.3. The number of fused-ring (bicyclic) bond motifs is 3. The summed E-state index contributed by atoms with van der Waals surface area (Å²) in [5.74, 6) is 0.862.